The molecule has 1 saturated heterocycles. The lowest BCUT2D eigenvalue weighted by Gasteiger charge is -2.19. The normalized spacial score (nSPS) is 24.4. The lowest BCUT2D eigenvalue weighted by atomic mass is 10.0. The van der Waals surface area contributed by atoms with Crippen molar-refractivity contribution in [3.63, 3.8) is 0 Å². The molecule has 2 aromatic rings. The van der Waals surface area contributed by atoms with Crippen molar-refractivity contribution in [2.24, 2.45) is 17.8 Å². The monoisotopic (exact) mass is 392 g/mol. The third-order valence-electron chi connectivity index (χ3n) is 6.06. The number of hydrogen-bond donors (Lipinski definition) is 0. The third-order valence-corrected chi connectivity index (χ3v) is 6.06. The van der Waals surface area contributed by atoms with Crippen LogP contribution in [-0.4, -0.2) is 34.1 Å². The molecule has 0 bridgehead atoms. The minimum atomic E-state index is -4.65. The van der Waals surface area contributed by atoms with Crippen molar-refractivity contribution < 1.29 is 17.9 Å². The molecule has 7 heteroatoms. The number of likely N-dealkylation sites (tertiary alicyclic amines) is 1. The highest BCUT2D eigenvalue weighted by Crippen LogP contribution is 2.54. The Bertz CT molecular complexity index is 821. The summed E-state index contributed by atoms with van der Waals surface area (Å²) in [7, 11) is 0. The van der Waals surface area contributed by atoms with Crippen LogP contribution in [0.1, 0.15) is 30.2 Å². The van der Waals surface area contributed by atoms with Crippen molar-refractivity contribution >= 4 is 0 Å². The van der Waals surface area contributed by atoms with Crippen LogP contribution < -0.4 is 4.74 Å². The number of hydrogen-bond acceptors (Lipinski definition) is 3. The number of rotatable bonds is 7. The van der Waals surface area contributed by atoms with Gasteiger partial charge in [-0.05, 0) is 62.1 Å². The largest absolute Gasteiger partial charge is 0.573 e. The molecule has 151 valence electrons. The number of aromatic nitrogens is 2. The maximum atomic E-state index is 12.4. The van der Waals surface area contributed by atoms with Crippen LogP contribution in [0.25, 0.3) is 0 Å². The molecule has 2 aliphatic rings. The van der Waals surface area contributed by atoms with Crippen molar-refractivity contribution in [1.82, 2.24) is 14.7 Å². The molecule has 0 amide bonds. The molecule has 1 aliphatic carbocycles. The topological polar surface area (TPSA) is 30.3 Å². The Balaban J connectivity index is 1.24. The lowest BCUT2D eigenvalue weighted by Crippen LogP contribution is -2.24. The Hall–Kier alpha value is -2.02. The molecular weight excluding hydrogens is 367 g/mol. The number of aryl methyl sites for hydroxylation is 1. The van der Waals surface area contributed by atoms with E-state index in [-0.39, 0.29) is 5.75 Å². The Kier molecular flexibility index (Phi) is 5.12. The van der Waals surface area contributed by atoms with Crippen molar-refractivity contribution in [3.8, 4) is 5.75 Å². The molecule has 0 N–H and O–H groups in total. The maximum absolute atomic E-state index is 12.4. The van der Waals surface area contributed by atoms with Crippen molar-refractivity contribution in [2.75, 3.05) is 13.1 Å². The summed E-state index contributed by atoms with van der Waals surface area (Å²) in [5.74, 6) is 1.88. The summed E-state index contributed by atoms with van der Waals surface area (Å²) >= 11 is 0. The Morgan fingerprint density at radius 1 is 1.25 bits per heavy atom. The number of alkyl halides is 3. The van der Waals surface area contributed by atoms with Gasteiger partial charge in [0.05, 0.1) is 6.20 Å². The molecule has 4 nitrogen and oxygen atoms in total. The first kappa shape index (κ1) is 19.3. The van der Waals surface area contributed by atoms with Gasteiger partial charge in [-0.1, -0.05) is 12.1 Å². The van der Waals surface area contributed by atoms with E-state index in [1.54, 1.807) is 6.07 Å². The second-order valence-corrected chi connectivity index (χ2v) is 7.82. The van der Waals surface area contributed by atoms with Crippen molar-refractivity contribution in [2.45, 2.75) is 39.7 Å². The molecule has 1 aromatic heterocycles. The van der Waals surface area contributed by atoms with Crippen LogP contribution in [0.15, 0.2) is 30.5 Å². The van der Waals surface area contributed by atoms with Gasteiger partial charge in [0, 0.05) is 37.4 Å². The molecule has 1 saturated carbocycles. The number of ether oxygens (including phenoxy) is 1. The summed E-state index contributed by atoms with van der Waals surface area (Å²) in [4.78, 5) is 2.49. The summed E-state index contributed by atoms with van der Waals surface area (Å²) in [5, 5.41) is 4.42. The summed E-state index contributed by atoms with van der Waals surface area (Å²) in [5.41, 5.74) is 3.33. The number of halogens is 3. The summed E-state index contributed by atoms with van der Waals surface area (Å²) in [6.45, 7) is 8.25. The van der Waals surface area contributed by atoms with E-state index in [0.717, 1.165) is 38.2 Å². The van der Waals surface area contributed by atoms with Crippen LogP contribution in [0.5, 0.6) is 5.75 Å². The van der Waals surface area contributed by atoms with Gasteiger partial charge >= 0.3 is 6.36 Å². The van der Waals surface area contributed by atoms with E-state index in [1.165, 1.54) is 23.4 Å². The van der Waals surface area contributed by atoms with Gasteiger partial charge in [-0.3, -0.25) is 9.58 Å². The number of benzene rings is 1. The quantitative estimate of drug-likeness (QED) is 0.698. The van der Waals surface area contributed by atoms with Crippen molar-refractivity contribution in [3.05, 3.63) is 53.7 Å². The first-order valence-corrected chi connectivity index (χ1v) is 9.76. The first-order chi connectivity index (χ1) is 13.3. The highest BCUT2D eigenvalue weighted by Gasteiger charge is 2.54. The second kappa shape index (κ2) is 7.43. The van der Waals surface area contributed by atoms with Crippen LogP contribution in [-0.2, 0) is 13.1 Å². The predicted molar refractivity (Wildman–Crippen MR) is 99.5 cm³/mol. The fourth-order valence-electron chi connectivity index (χ4n) is 4.53. The van der Waals surface area contributed by atoms with E-state index in [9.17, 15) is 13.2 Å². The van der Waals surface area contributed by atoms with Crippen molar-refractivity contribution in [1.29, 1.82) is 0 Å². The molecular formula is C21H25F3N3O. The Labute approximate surface area is 163 Å². The molecule has 2 heterocycles. The van der Waals surface area contributed by atoms with Crippen LogP contribution >= 0.6 is 0 Å². The number of nitrogens with zero attached hydrogens (tertiary/aromatic N) is 3. The van der Waals surface area contributed by atoms with Gasteiger partial charge in [0.2, 0.25) is 0 Å². The van der Waals surface area contributed by atoms with Gasteiger partial charge in [-0.25, -0.2) is 0 Å². The van der Waals surface area contributed by atoms with E-state index >= 15 is 0 Å². The fourth-order valence-corrected chi connectivity index (χ4v) is 4.53. The van der Waals surface area contributed by atoms with Gasteiger partial charge in [0.15, 0.2) is 0 Å². The predicted octanol–water partition coefficient (Wildman–Crippen LogP) is 4.43. The van der Waals surface area contributed by atoms with Gasteiger partial charge in [0.1, 0.15) is 5.75 Å². The van der Waals surface area contributed by atoms with Gasteiger partial charge in [-0.15, -0.1) is 13.2 Å². The molecule has 1 aromatic carbocycles. The van der Waals surface area contributed by atoms with E-state index in [2.05, 4.69) is 28.6 Å². The van der Waals surface area contributed by atoms with Gasteiger partial charge in [-0.2, -0.15) is 5.10 Å². The highest BCUT2D eigenvalue weighted by molar-refractivity contribution is 5.33. The fraction of sp³-hybridized carbons (Fsp3) is 0.524. The standard InChI is InChI=1S/C21H25F3N3O/c1-3-27-14(2)16(10-25-27)11-26-12-19-18(20(19)13-26)8-7-15-5-4-6-17(9-15)28-21(22,23)24/h4-7,9-10,18-20H,3,8,11-13H2,1-2H3. The Morgan fingerprint density at radius 3 is 2.64 bits per heavy atom. The molecule has 2 atom stereocenters. The van der Waals surface area contributed by atoms with Crippen LogP contribution in [0.4, 0.5) is 13.2 Å². The van der Waals surface area contributed by atoms with E-state index in [1.807, 2.05) is 23.4 Å². The number of piperidine rings is 1. The molecule has 1 aliphatic heterocycles. The summed E-state index contributed by atoms with van der Waals surface area (Å²) in [6, 6.07) is 6.20. The Morgan fingerprint density at radius 2 is 2.00 bits per heavy atom. The molecule has 2 unspecified atom stereocenters. The minimum absolute atomic E-state index is 0.161. The smallest absolute Gasteiger partial charge is 0.406 e. The maximum Gasteiger partial charge on any atom is 0.573 e. The first-order valence-electron chi connectivity index (χ1n) is 9.76. The average molecular weight is 392 g/mol. The second-order valence-electron chi connectivity index (χ2n) is 7.82. The van der Waals surface area contributed by atoms with Crippen LogP contribution in [0.3, 0.4) is 0 Å². The lowest BCUT2D eigenvalue weighted by molar-refractivity contribution is -0.274. The molecule has 28 heavy (non-hydrogen) atoms. The minimum Gasteiger partial charge on any atom is -0.406 e. The number of fused-ring (bicyclic) bond motifs is 1. The molecule has 1 radical (unpaired) electrons. The molecule has 0 spiro atoms. The van der Waals surface area contributed by atoms with Gasteiger partial charge in [0.25, 0.3) is 0 Å². The van der Waals surface area contributed by atoms with Gasteiger partial charge < -0.3 is 4.74 Å². The molecule has 4 rings (SSSR count). The summed E-state index contributed by atoms with van der Waals surface area (Å²) < 4.78 is 43.1. The SMILES string of the molecule is CCn1ncc(CN2CC3C(C[CH]c4cccc(OC(F)(F)F)c4)C3C2)c1C. The van der Waals surface area contributed by atoms with Crippen LogP contribution in [0, 0.1) is 31.1 Å². The van der Waals surface area contributed by atoms with E-state index in [4.69, 9.17) is 0 Å². The zero-order valence-electron chi connectivity index (χ0n) is 16.1. The van der Waals surface area contributed by atoms with E-state index < -0.39 is 6.36 Å². The zero-order valence-corrected chi connectivity index (χ0v) is 16.1. The van der Waals surface area contributed by atoms with Crippen LogP contribution in [0.2, 0.25) is 0 Å². The third kappa shape index (κ3) is 4.19. The summed E-state index contributed by atoms with van der Waals surface area (Å²) in [6.07, 6.45) is 0.267. The van der Waals surface area contributed by atoms with E-state index in [0.29, 0.717) is 17.8 Å². The highest BCUT2D eigenvalue weighted by atomic mass is 19.4. The molecule has 2 fully saturated rings. The zero-order chi connectivity index (χ0) is 19.9. The average Bonchev–Trinajstić information content (AvgIpc) is 2.94.